The number of carbonyl (C=O) groups excluding carboxylic acids is 1. The average molecular weight is 196 g/mol. The molecule has 0 aliphatic heterocycles. The van der Waals surface area contributed by atoms with E-state index >= 15 is 0 Å². The van der Waals surface area contributed by atoms with E-state index in [1.807, 2.05) is 13.8 Å². The number of hydrogen-bond acceptors (Lipinski definition) is 2. The maximum atomic E-state index is 13.2. The van der Waals surface area contributed by atoms with Gasteiger partial charge in [-0.2, -0.15) is 0 Å². The first-order valence-electron chi connectivity index (χ1n) is 4.44. The second kappa shape index (κ2) is 4.22. The van der Waals surface area contributed by atoms with Crippen LogP contribution >= 0.6 is 0 Å². The van der Waals surface area contributed by atoms with Gasteiger partial charge in [0.05, 0.1) is 12.7 Å². The molecule has 76 valence electrons. The van der Waals surface area contributed by atoms with Crippen molar-refractivity contribution >= 4 is 5.97 Å². The van der Waals surface area contributed by atoms with Gasteiger partial charge in [0.25, 0.3) is 0 Å². The normalized spacial score (nSPS) is 10.4. The molecule has 0 radical (unpaired) electrons. The van der Waals surface area contributed by atoms with Gasteiger partial charge in [0.1, 0.15) is 5.82 Å². The highest BCUT2D eigenvalue weighted by Gasteiger charge is 2.11. The summed E-state index contributed by atoms with van der Waals surface area (Å²) in [5.41, 5.74) is 0.922. The molecule has 2 nitrogen and oxygen atoms in total. The Balaban J connectivity index is 3.13. The minimum Gasteiger partial charge on any atom is -0.465 e. The largest absolute Gasteiger partial charge is 0.465 e. The molecule has 0 heterocycles. The lowest BCUT2D eigenvalue weighted by molar-refractivity contribution is 0.0600. The van der Waals surface area contributed by atoms with E-state index in [-0.39, 0.29) is 11.7 Å². The van der Waals surface area contributed by atoms with E-state index in [2.05, 4.69) is 4.74 Å². The fourth-order valence-electron chi connectivity index (χ4n) is 1.23. The molecule has 0 aliphatic rings. The Morgan fingerprint density at radius 2 is 2.07 bits per heavy atom. The molecule has 0 N–H and O–H groups in total. The van der Waals surface area contributed by atoms with Crippen LogP contribution in [0.1, 0.15) is 35.7 Å². The molecular weight excluding hydrogens is 183 g/mol. The number of halogens is 1. The topological polar surface area (TPSA) is 26.3 Å². The van der Waals surface area contributed by atoms with Gasteiger partial charge in [0.2, 0.25) is 0 Å². The predicted molar refractivity (Wildman–Crippen MR) is 51.8 cm³/mol. The Morgan fingerprint density at radius 3 is 2.57 bits per heavy atom. The van der Waals surface area contributed by atoms with Crippen LogP contribution in [0.4, 0.5) is 4.39 Å². The van der Waals surface area contributed by atoms with Crippen molar-refractivity contribution < 1.29 is 13.9 Å². The van der Waals surface area contributed by atoms with E-state index in [1.54, 1.807) is 0 Å². The number of methoxy groups -OCH3 is 1. The summed E-state index contributed by atoms with van der Waals surface area (Å²) < 4.78 is 17.8. The lowest BCUT2D eigenvalue weighted by atomic mass is 10.0. The van der Waals surface area contributed by atoms with Gasteiger partial charge in [-0.15, -0.1) is 0 Å². The molecule has 1 rings (SSSR count). The number of rotatable bonds is 2. The van der Waals surface area contributed by atoms with E-state index in [9.17, 15) is 9.18 Å². The van der Waals surface area contributed by atoms with Crippen molar-refractivity contribution in [2.75, 3.05) is 7.11 Å². The van der Waals surface area contributed by atoms with Crippen LogP contribution in [0.5, 0.6) is 0 Å². The van der Waals surface area contributed by atoms with Crippen LogP contribution in [0.3, 0.4) is 0 Å². The summed E-state index contributed by atoms with van der Waals surface area (Å²) in [5.74, 6) is -0.667. The van der Waals surface area contributed by atoms with Crippen LogP contribution in [0.2, 0.25) is 0 Å². The Morgan fingerprint density at radius 1 is 1.43 bits per heavy atom. The second-order valence-corrected chi connectivity index (χ2v) is 3.38. The third kappa shape index (κ3) is 2.10. The third-order valence-electron chi connectivity index (χ3n) is 2.04. The summed E-state index contributed by atoms with van der Waals surface area (Å²) in [6.07, 6.45) is 0. The summed E-state index contributed by atoms with van der Waals surface area (Å²) in [4.78, 5) is 11.2. The second-order valence-electron chi connectivity index (χ2n) is 3.38. The molecular formula is C11H13FO2. The van der Waals surface area contributed by atoms with Gasteiger partial charge >= 0.3 is 5.97 Å². The average Bonchev–Trinajstić information content (AvgIpc) is 2.17. The van der Waals surface area contributed by atoms with Gasteiger partial charge in [-0.3, -0.25) is 0 Å². The van der Waals surface area contributed by atoms with Crippen LogP contribution in [-0.2, 0) is 4.74 Å². The summed E-state index contributed by atoms with van der Waals surface area (Å²) in [6.45, 7) is 3.75. The molecule has 1 aromatic rings. The first-order chi connectivity index (χ1) is 6.56. The number of carbonyl (C=O) groups is 1. The van der Waals surface area contributed by atoms with Crippen molar-refractivity contribution in [3.63, 3.8) is 0 Å². The van der Waals surface area contributed by atoms with Gasteiger partial charge in [-0.05, 0) is 29.7 Å². The van der Waals surface area contributed by atoms with Gasteiger partial charge in [0.15, 0.2) is 0 Å². The highest BCUT2D eigenvalue weighted by atomic mass is 19.1. The van der Waals surface area contributed by atoms with Crippen molar-refractivity contribution in [3.05, 3.63) is 35.1 Å². The van der Waals surface area contributed by atoms with Crippen molar-refractivity contribution in [3.8, 4) is 0 Å². The van der Waals surface area contributed by atoms with E-state index in [1.165, 1.54) is 25.3 Å². The maximum absolute atomic E-state index is 13.2. The zero-order valence-electron chi connectivity index (χ0n) is 8.50. The fourth-order valence-corrected chi connectivity index (χ4v) is 1.23. The summed E-state index contributed by atoms with van der Waals surface area (Å²) in [7, 11) is 1.31. The van der Waals surface area contributed by atoms with Crippen LogP contribution in [0.15, 0.2) is 18.2 Å². The van der Waals surface area contributed by atoms with Gasteiger partial charge in [-0.25, -0.2) is 9.18 Å². The van der Waals surface area contributed by atoms with Gasteiger partial charge in [0, 0.05) is 0 Å². The Bertz CT molecular complexity index is 345. The summed E-state index contributed by atoms with van der Waals surface area (Å²) in [6, 6.07) is 4.25. The minimum absolute atomic E-state index is 0.0552. The number of esters is 1. The molecule has 0 aliphatic carbocycles. The molecule has 0 bridgehead atoms. The molecule has 0 spiro atoms. The number of hydrogen-bond donors (Lipinski definition) is 0. The number of benzene rings is 1. The summed E-state index contributed by atoms with van der Waals surface area (Å²) in [5, 5.41) is 0. The Labute approximate surface area is 82.7 Å². The highest BCUT2D eigenvalue weighted by molar-refractivity contribution is 5.89. The van der Waals surface area contributed by atoms with Crippen molar-refractivity contribution in [1.29, 1.82) is 0 Å². The van der Waals surface area contributed by atoms with Crippen LogP contribution in [0.25, 0.3) is 0 Å². The van der Waals surface area contributed by atoms with Crippen LogP contribution < -0.4 is 0 Å². The Hall–Kier alpha value is -1.38. The molecule has 0 saturated heterocycles. The predicted octanol–water partition coefficient (Wildman–Crippen LogP) is 2.74. The quantitative estimate of drug-likeness (QED) is 0.680. The monoisotopic (exact) mass is 196 g/mol. The third-order valence-corrected chi connectivity index (χ3v) is 2.04. The fraction of sp³-hybridized carbons (Fsp3) is 0.364. The summed E-state index contributed by atoms with van der Waals surface area (Å²) >= 11 is 0. The van der Waals surface area contributed by atoms with Crippen molar-refractivity contribution in [1.82, 2.24) is 0 Å². The van der Waals surface area contributed by atoms with E-state index in [4.69, 9.17) is 0 Å². The van der Waals surface area contributed by atoms with Crippen molar-refractivity contribution in [2.45, 2.75) is 19.8 Å². The van der Waals surface area contributed by atoms with Crippen molar-refractivity contribution in [2.24, 2.45) is 0 Å². The minimum atomic E-state index is -0.438. The first kappa shape index (κ1) is 10.7. The molecule has 3 heteroatoms. The van der Waals surface area contributed by atoms with E-state index < -0.39 is 5.97 Å². The van der Waals surface area contributed by atoms with Crippen LogP contribution in [-0.4, -0.2) is 13.1 Å². The maximum Gasteiger partial charge on any atom is 0.337 e. The van der Waals surface area contributed by atoms with Crippen LogP contribution in [0, 0.1) is 5.82 Å². The van der Waals surface area contributed by atoms with E-state index in [0.717, 1.165) is 0 Å². The smallest absolute Gasteiger partial charge is 0.337 e. The first-order valence-corrected chi connectivity index (χ1v) is 4.44. The molecule has 14 heavy (non-hydrogen) atoms. The number of ether oxygens (including phenoxy) is 1. The van der Waals surface area contributed by atoms with Gasteiger partial charge < -0.3 is 4.74 Å². The zero-order valence-corrected chi connectivity index (χ0v) is 8.50. The lowest BCUT2D eigenvalue weighted by Gasteiger charge is -2.08. The lowest BCUT2D eigenvalue weighted by Crippen LogP contribution is -2.03. The SMILES string of the molecule is COC(=O)c1ccc(F)c(C(C)C)c1. The molecule has 0 unspecified atom stereocenters. The zero-order chi connectivity index (χ0) is 10.7. The molecule has 0 saturated carbocycles. The molecule has 0 atom stereocenters. The molecule has 0 aromatic heterocycles. The highest BCUT2D eigenvalue weighted by Crippen LogP contribution is 2.19. The standard InChI is InChI=1S/C11H13FO2/c1-7(2)9-6-8(11(13)14-3)4-5-10(9)12/h4-7H,1-3H3. The van der Waals surface area contributed by atoms with Gasteiger partial charge in [-0.1, -0.05) is 13.8 Å². The van der Waals surface area contributed by atoms with E-state index in [0.29, 0.717) is 11.1 Å². The molecule has 0 amide bonds. The molecule has 0 fully saturated rings. The molecule has 1 aromatic carbocycles. The Kier molecular flexibility index (Phi) is 3.23.